The zero-order valence-electron chi connectivity index (χ0n) is 25.9. The Balaban J connectivity index is 1.49. The maximum atomic E-state index is 13.7. The molecule has 12 nitrogen and oxygen atoms in total. The number of benzene rings is 1. The molecule has 1 fully saturated rings. The van der Waals surface area contributed by atoms with Gasteiger partial charge in [-0.15, -0.1) is 0 Å². The number of nitrogens with zero attached hydrogens (tertiary/aromatic N) is 6. The maximum Gasteiger partial charge on any atom is 0.285 e. The molecule has 1 saturated heterocycles. The van der Waals surface area contributed by atoms with Crippen molar-refractivity contribution in [2.24, 2.45) is 14.1 Å². The number of aromatic nitrogens is 5. The van der Waals surface area contributed by atoms with Gasteiger partial charge in [0, 0.05) is 38.4 Å². The Hall–Kier alpha value is -3.97. The summed E-state index contributed by atoms with van der Waals surface area (Å²) < 4.78 is 28.9. The number of pyridine rings is 1. The molecule has 1 amide bonds. The van der Waals surface area contributed by atoms with Crippen LogP contribution in [0, 0.1) is 20.8 Å². The van der Waals surface area contributed by atoms with Gasteiger partial charge in [0.15, 0.2) is 5.69 Å². The molecule has 0 bridgehead atoms. The highest BCUT2D eigenvalue weighted by Gasteiger charge is 2.28. The fourth-order valence-electron chi connectivity index (χ4n) is 6.16. The standard InChI is InChI=1S/C30H37ClN8O4S/c1-16-14-21(17(2)32-23-8-9-24(31)33-27(23)28(40)36-44(7,42)43)26-22(15-16)29(41)37(5)30(34-26)39-12-10-20(11-13-39)25-18(3)35-38(6)19(25)4/h8-9,14-15,17,20,32H,10-13H2,1-7H3,(H,36,40)/t17-/m1/s1. The molecule has 4 aromatic rings. The number of hydrogen-bond acceptors (Lipinski definition) is 9. The number of carbonyl (C=O) groups is 1. The molecule has 0 saturated carbocycles. The lowest BCUT2D eigenvalue weighted by Crippen LogP contribution is -2.38. The van der Waals surface area contributed by atoms with E-state index in [0.717, 1.165) is 49.0 Å². The van der Waals surface area contributed by atoms with Crippen molar-refractivity contribution >= 4 is 50.1 Å². The summed E-state index contributed by atoms with van der Waals surface area (Å²) in [6, 6.07) is 6.41. The van der Waals surface area contributed by atoms with Crippen molar-refractivity contribution in [3.05, 3.63) is 73.5 Å². The predicted octanol–water partition coefficient (Wildman–Crippen LogP) is 3.89. The van der Waals surface area contributed by atoms with E-state index in [2.05, 4.69) is 34.1 Å². The van der Waals surface area contributed by atoms with Crippen LogP contribution in [-0.4, -0.2) is 58.0 Å². The first-order chi connectivity index (χ1) is 20.6. The lowest BCUT2D eigenvalue weighted by molar-refractivity contribution is 0.0977. The SMILES string of the molecule is Cc1cc([C@@H](C)Nc2ccc(Cl)nc2C(=O)NS(C)(=O)=O)c2nc(N3CCC(c4c(C)nn(C)c4C)CC3)n(C)c(=O)c2c1. The van der Waals surface area contributed by atoms with E-state index in [1.807, 2.05) is 42.4 Å². The number of fused-ring (bicyclic) bond motifs is 1. The highest BCUT2D eigenvalue weighted by molar-refractivity contribution is 7.89. The van der Waals surface area contributed by atoms with E-state index in [1.54, 1.807) is 17.7 Å². The molecule has 0 unspecified atom stereocenters. The summed E-state index contributed by atoms with van der Waals surface area (Å²) >= 11 is 6.04. The van der Waals surface area contributed by atoms with Crippen molar-refractivity contribution in [2.45, 2.75) is 52.5 Å². The Morgan fingerprint density at radius 2 is 1.77 bits per heavy atom. The zero-order valence-corrected chi connectivity index (χ0v) is 27.5. The molecule has 0 aliphatic carbocycles. The average molecular weight is 641 g/mol. The van der Waals surface area contributed by atoms with Gasteiger partial charge in [0.05, 0.1) is 34.6 Å². The number of carbonyl (C=O) groups excluding carboxylic acids is 1. The Kier molecular flexibility index (Phi) is 8.47. The fraction of sp³-hybridized carbons (Fsp3) is 0.433. The molecule has 5 rings (SSSR count). The second-order valence-electron chi connectivity index (χ2n) is 11.6. The molecular formula is C30H37ClN8O4S. The van der Waals surface area contributed by atoms with E-state index < -0.39 is 22.0 Å². The Morgan fingerprint density at radius 1 is 1.09 bits per heavy atom. The van der Waals surface area contributed by atoms with E-state index in [1.165, 1.54) is 17.3 Å². The van der Waals surface area contributed by atoms with Crippen LogP contribution in [0.2, 0.25) is 5.15 Å². The molecule has 4 heterocycles. The summed E-state index contributed by atoms with van der Waals surface area (Å²) in [4.78, 5) is 37.7. The molecular weight excluding hydrogens is 604 g/mol. The number of sulfonamides is 1. The van der Waals surface area contributed by atoms with E-state index >= 15 is 0 Å². The van der Waals surface area contributed by atoms with Crippen LogP contribution in [-0.2, 0) is 24.1 Å². The summed E-state index contributed by atoms with van der Waals surface area (Å²) in [6.07, 6.45) is 2.72. The van der Waals surface area contributed by atoms with Crippen LogP contribution in [0.1, 0.15) is 70.3 Å². The Morgan fingerprint density at radius 3 is 2.39 bits per heavy atom. The second kappa shape index (κ2) is 11.8. The molecule has 1 aliphatic rings. The largest absolute Gasteiger partial charge is 0.377 e. The number of piperidine rings is 1. The van der Waals surface area contributed by atoms with Gasteiger partial charge in [0.25, 0.3) is 11.5 Å². The van der Waals surface area contributed by atoms with Crippen LogP contribution >= 0.6 is 11.6 Å². The first-order valence-corrected chi connectivity index (χ1v) is 16.6. The van der Waals surface area contributed by atoms with Gasteiger partial charge < -0.3 is 10.2 Å². The number of hydrogen-bond donors (Lipinski definition) is 2. The number of nitrogens with one attached hydrogen (secondary N) is 2. The van der Waals surface area contributed by atoms with Crippen LogP contribution in [0.25, 0.3) is 10.9 Å². The minimum atomic E-state index is -3.83. The molecule has 1 atom stereocenters. The van der Waals surface area contributed by atoms with Crippen molar-refractivity contribution in [3.8, 4) is 0 Å². The number of anilines is 2. The van der Waals surface area contributed by atoms with Gasteiger partial charge in [0.2, 0.25) is 16.0 Å². The number of halogens is 1. The zero-order chi connectivity index (χ0) is 32.1. The summed E-state index contributed by atoms with van der Waals surface area (Å²) in [5.41, 5.74) is 5.71. The van der Waals surface area contributed by atoms with Crippen LogP contribution in [0.15, 0.2) is 29.1 Å². The van der Waals surface area contributed by atoms with E-state index in [0.29, 0.717) is 22.8 Å². The van der Waals surface area contributed by atoms with Gasteiger partial charge in [-0.3, -0.25) is 18.8 Å². The summed E-state index contributed by atoms with van der Waals surface area (Å²) in [5, 5.41) is 8.39. The summed E-state index contributed by atoms with van der Waals surface area (Å²) in [6.45, 7) is 9.44. The van der Waals surface area contributed by atoms with Gasteiger partial charge in [-0.1, -0.05) is 17.7 Å². The van der Waals surface area contributed by atoms with Crippen molar-refractivity contribution in [3.63, 3.8) is 0 Å². The van der Waals surface area contributed by atoms with Gasteiger partial charge in [-0.2, -0.15) is 5.10 Å². The normalized spacial score (nSPS) is 15.0. The molecule has 234 valence electrons. The lowest BCUT2D eigenvalue weighted by Gasteiger charge is -2.34. The third-order valence-electron chi connectivity index (χ3n) is 8.27. The predicted molar refractivity (Wildman–Crippen MR) is 172 cm³/mol. The van der Waals surface area contributed by atoms with E-state index in [4.69, 9.17) is 16.6 Å². The number of rotatable bonds is 7. The maximum absolute atomic E-state index is 13.7. The van der Waals surface area contributed by atoms with E-state index in [-0.39, 0.29) is 22.1 Å². The smallest absolute Gasteiger partial charge is 0.285 e. The van der Waals surface area contributed by atoms with Gasteiger partial charge in [0.1, 0.15) is 5.15 Å². The molecule has 1 aliphatic heterocycles. The van der Waals surface area contributed by atoms with Crippen molar-refractivity contribution < 1.29 is 13.2 Å². The van der Waals surface area contributed by atoms with Crippen molar-refractivity contribution in [1.82, 2.24) is 29.0 Å². The second-order valence-corrected chi connectivity index (χ2v) is 13.7. The first-order valence-electron chi connectivity index (χ1n) is 14.4. The molecule has 0 spiro atoms. The molecule has 2 N–H and O–H groups in total. The van der Waals surface area contributed by atoms with E-state index in [9.17, 15) is 18.0 Å². The minimum absolute atomic E-state index is 0.0373. The van der Waals surface area contributed by atoms with Crippen LogP contribution in [0.4, 0.5) is 11.6 Å². The van der Waals surface area contributed by atoms with Gasteiger partial charge in [-0.05, 0) is 75.8 Å². The molecule has 3 aromatic heterocycles. The lowest BCUT2D eigenvalue weighted by atomic mass is 9.88. The monoisotopic (exact) mass is 640 g/mol. The quantitative estimate of drug-likeness (QED) is 0.288. The first kappa shape index (κ1) is 31.5. The molecule has 1 aromatic carbocycles. The Labute approximate surface area is 261 Å². The van der Waals surface area contributed by atoms with Gasteiger partial charge in [-0.25, -0.2) is 23.1 Å². The average Bonchev–Trinajstić information content (AvgIpc) is 3.21. The third-order valence-corrected chi connectivity index (χ3v) is 9.04. The van der Waals surface area contributed by atoms with Gasteiger partial charge >= 0.3 is 0 Å². The topological polar surface area (TPSA) is 144 Å². The van der Waals surface area contributed by atoms with Crippen molar-refractivity contribution in [2.75, 3.05) is 29.6 Å². The Bertz CT molecular complexity index is 1940. The highest BCUT2D eigenvalue weighted by Crippen LogP contribution is 2.34. The third kappa shape index (κ3) is 6.16. The van der Waals surface area contributed by atoms with Crippen LogP contribution in [0.3, 0.4) is 0 Å². The van der Waals surface area contributed by atoms with Crippen LogP contribution in [0.5, 0.6) is 0 Å². The minimum Gasteiger partial charge on any atom is -0.377 e. The number of amides is 1. The number of aryl methyl sites for hydroxylation is 3. The molecule has 0 radical (unpaired) electrons. The van der Waals surface area contributed by atoms with Crippen LogP contribution < -0.4 is 20.5 Å². The fourth-order valence-corrected chi connectivity index (χ4v) is 6.74. The highest BCUT2D eigenvalue weighted by atomic mass is 35.5. The van der Waals surface area contributed by atoms with Crippen molar-refractivity contribution in [1.29, 1.82) is 0 Å². The summed E-state index contributed by atoms with van der Waals surface area (Å²) in [5.74, 6) is 0.0781. The summed E-state index contributed by atoms with van der Waals surface area (Å²) in [7, 11) is -0.106. The molecule has 14 heteroatoms. The molecule has 44 heavy (non-hydrogen) atoms.